The number of amides is 2. The van der Waals surface area contributed by atoms with Gasteiger partial charge in [0.15, 0.2) is 5.78 Å². The van der Waals surface area contributed by atoms with Gasteiger partial charge in [-0.25, -0.2) is 0 Å². The average Bonchev–Trinajstić information content (AvgIpc) is 3.38. The van der Waals surface area contributed by atoms with Crippen molar-refractivity contribution in [1.29, 1.82) is 0 Å². The highest BCUT2D eigenvalue weighted by Crippen LogP contribution is 2.51. The van der Waals surface area contributed by atoms with Gasteiger partial charge in [-0.2, -0.15) is 0 Å². The van der Waals surface area contributed by atoms with Crippen molar-refractivity contribution in [3.05, 3.63) is 58.3 Å². The number of carbonyl (C=O) groups is 3. The standard InChI is InChI=1S/C24H24N2O3S/c1-13-12-16-18-19(23(29)26(22(18)28)24(2,3)4)20(21(27)17-10-7-11-30-17)25(16)15-9-6-5-8-14(13)15/h5-12,16,18-20H,1-4H3/t16-,18+,19-,20+/m1/s1. The second kappa shape index (κ2) is 6.38. The van der Waals surface area contributed by atoms with E-state index >= 15 is 0 Å². The monoisotopic (exact) mass is 420 g/mol. The molecule has 1 aromatic heterocycles. The second-order valence-corrected chi connectivity index (χ2v) is 10.2. The zero-order valence-corrected chi connectivity index (χ0v) is 18.3. The molecule has 4 heterocycles. The molecule has 0 N–H and O–H groups in total. The molecule has 0 radical (unpaired) electrons. The maximum atomic E-state index is 13.7. The van der Waals surface area contributed by atoms with Gasteiger partial charge in [-0.3, -0.25) is 19.3 Å². The Balaban J connectivity index is 1.71. The summed E-state index contributed by atoms with van der Waals surface area (Å²) in [4.78, 5) is 44.8. The quantitative estimate of drug-likeness (QED) is 0.544. The van der Waals surface area contributed by atoms with Crippen LogP contribution in [0.3, 0.4) is 0 Å². The van der Waals surface area contributed by atoms with Crippen LogP contribution in [0.1, 0.15) is 42.9 Å². The van der Waals surface area contributed by atoms with Crippen molar-refractivity contribution in [2.75, 3.05) is 4.90 Å². The number of rotatable bonds is 2. The van der Waals surface area contributed by atoms with Gasteiger partial charge < -0.3 is 4.90 Å². The van der Waals surface area contributed by atoms with Crippen LogP contribution in [0.15, 0.2) is 47.9 Å². The summed E-state index contributed by atoms with van der Waals surface area (Å²) in [5, 5.41) is 1.87. The van der Waals surface area contributed by atoms with Crippen LogP contribution in [0.25, 0.3) is 5.57 Å². The summed E-state index contributed by atoms with van der Waals surface area (Å²) < 4.78 is 0. The minimum Gasteiger partial charge on any atom is -0.352 e. The number of Topliss-reactive ketones (excluding diaryl/α,β-unsaturated/α-hetero) is 1. The van der Waals surface area contributed by atoms with Crippen LogP contribution in [0.5, 0.6) is 0 Å². The first-order valence-corrected chi connectivity index (χ1v) is 11.1. The van der Waals surface area contributed by atoms with E-state index in [-0.39, 0.29) is 23.6 Å². The van der Waals surface area contributed by atoms with Gasteiger partial charge in [0.1, 0.15) is 6.04 Å². The summed E-state index contributed by atoms with van der Waals surface area (Å²) in [6.45, 7) is 7.64. The van der Waals surface area contributed by atoms with Gasteiger partial charge in [0.2, 0.25) is 11.8 Å². The molecule has 4 atom stereocenters. The first-order chi connectivity index (χ1) is 14.2. The van der Waals surface area contributed by atoms with E-state index in [0.717, 1.165) is 16.8 Å². The highest BCUT2D eigenvalue weighted by atomic mass is 32.1. The van der Waals surface area contributed by atoms with Crippen LogP contribution in [0.2, 0.25) is 0 Å². The molecule has 5 rings (SSSR count). The number of benzene rings is 1. The topological polar surface area (TPSA) is 57.7 Å². The van der Waals surface area contributed by atoms with Crippen LogP contribution in [0.4, 0.5) is 5.69 Å². The fourth-order valence-corrected chi connectivity index (χ4v) is 6.02. The van der Waals surface area contributed by atoms with E-state index in [0.29, 0.717) is 4.88 Å². The van der Waals surface area contributed by atoms with E-state index < -0.39 is 23.4 Å². The lowest BCUT2D eigenvalue weighted by atomic mass is 9.86. The molecule has 0 aliphatic carbocycles. The molecule has 0 unspecified atom stereocenters. The molecule has 6 heteroatoms. The molecule has 0 spiro atoms. The summed E-state index contributed by atoms with van der Waals surface area (Å²) in [7, 11) is 0. The molecule has 3 aliphatic rings. The highest BCUT2D eigenvalue weighted by molar-refractivity contribution is 7.12. The molecular formula is C24H24N2O3S. The van der Waals surface area contributed by atoms with Gasteiger partial charge in [-0.05, 0) is 50.8 Å². The minimum atomic E-state index is -0.687. The molecule has 5 nitrogen and oxygen atoms in total. The van der Waals surface area contributed by atoms with Crippen LogP contribution in [-0.4, -0.2) is 40.1 Å². The Bertz CT molecular complexity index is 1100. The van der Waals surface area contributed by atoms with Gasteiger partial charge in [0.05, 0.1) is 22.8 Å². The predicted molar refractivity (Wildman–Crippen MR) is 117 cm³/mol. The molecule has 0 saturated carbocycles. The first kappa shape index (κ1) is 19.2. The molecule has 154 valence electrons. The number of nitrogens with zero attached hydrogens (tertiary/aromatic N) is 2. The van der Waals surface area contributed by atoms with Crippen molar-refractivity contribution in [3.63, 3.8) is 0 Å². The molecular weight excluding hydrogens is 396 g/mol. The number of anilines is 1. The summed E-state index contributed by atoms with van der Waals surface area (Å²) in [6.07, 6.45) is 2.07. The molecule has 30 heavy (non-hydrogen) atoms. The molecule has 3 aliphatic heterocycles. The van der Waals surface area contributed by atoms with Gasteiger partial charge in [-0.15, -0.1) is 11.3 Å². The van der Waals surface area contributed by atoms with Gasteiger partial charge in [0, 0.05) is 16.8 Å². The van der Waals surface area contributed by atoms with Crippen LogP contribution in [-0.2, 0) is 9.59 Å². The number of allylic oxidation sites excluding steroid dienone is 1. The molecule has 2 aromatic rings. The average molecular weight is 421 g/mol. The SMILES string of the molecule is CC1=C[C@@H]2[C@@H]3C(=O)N(C(C)(C)C)C(=O)[C@H]3[C@@H](C(=O)c3cccs3)N2c2ccccc21. The van der Waals surface area contributed by atoms with Gasteiger partial charge >= 0.3 is 0 Å². The van der Waals surface area contributed by atoms with E-state index in [1.807, 2.05) is 68.3 Å². The zero-order valence-electron chi connectivity index (χ0n) is 17.5. The fraction of sp³-hybridized carbons (Fsp3) is 0.375. The number of ketones is 1. The van der Waals surface area contributed by atoms with Gasteiger partial charge in [-0.1, -0.05) is 30.3 Å². The van der Waals surface area contributed by atoms with Crippen molar-refractivity contribution >= 4 is 40.2 Å². The van der Waals surface area contributed by atoms with Crippen LogP contribution in [0, 0.1) is 11.8 Å². The molecule has 0 bridgehead atoms. The van der Waals surface area contributed by atoms with Crippen molar-refractivity contribution in [2.24, 2.45) is 11.8 Å². The normalized spacial score (nSPS) is 27.7. The Morgan fingerprint density at radius 3 is 2.37 bits per heavy atom. The Morgan fingerprint density at radius 1 is 1.00 bits per heavy atom. The number of carbonyl (C=O) groups excluding carboxylic acids is 3. The summed E-state index contributed by atoms with van der Waals surface area (Å²) >= 11 is 1.38. The van der Waals surface area contributed by atoms with E-state index in [1.54, 1.807) is 6.07 Å². The maximum Gasteiger partial charge on any atom is 0.236 e. The van der Waals surface area contributed by atoms with Gasteiger partial charge in [0.25, 0.3) is 0 Å². The number of likely N-dealkylation sites (tertiary alicyclic amines) is 1. The molecule has 2 amide bonds. The largest absolute Gasteiger partial charge is 0.352 e. The molecule has 2 saturated heterocycles. The number of para-hydroxylation sites is 1. The number of hydrogen-bond donors (Lipinski definition) is 0. The maximum absolute atomic E-state index is 13.7. The number of hydrogen-bond acceptors (Lipinski definition) is 5. The third-order valence-electron chi connectivity index (χ3n) is 6.46. The number of thiophene rings is 1. The third kappa shape index (κ3) is 2.49. The predicted octanol–water partition coefficient (Wildman–Crippen LogP) is 4.00. The van der Waals surface area contributed by atoms with E-state index in [2.05, 4.69) is 6.08 Å². The Labute approximate surface area is 180 Å². The van der Waals surface area contributed by atoms with Crippen molar-refractivity contribution in [3.8, 4) is 0 Å². The van der Waals surface area contributed by atoms with Crippen molar-refractivity contribution in [1.82, 2.24) is 4.90 Å². The van der Waals surface area contributed by atoms with Crippen molar-refractivity contribution in [2.45, 2.75) is 45.3 Å². The third-order valence-corrected chi connectivity index (χ3v) is 7.34. The highest BCUT2D eigenvalue weighted by Gasteiger charge is 2.65. The van der Waals surface area contributed by atoms with Crippen LogP contribution >= 0.6 is 11.3 Å². The summed E-state index contributed by atoms with van der Waals surface area (Å²) in [6, 6.07) is 10.6. The van der Waals surface area contributed by atoms with E-state index in [9.17, 15) is 14.4 Å². The molecule has 2 fully saturated rings. The Morgan fingerprint density at radius 2 is 1.70 bits per heavy atom. The first-order valence-electron chi connectivity index (χ1n) is 10.2. The Hall–Kier alpha value is -2.73. The lowest BCUT2D eigenvalue weighted by molar-refractivity contribution is -0.145. The summed E-state index contributed by atoms with van der Waals surface area (Å²) in [5.74, 6) is -1.70. The smallest absolute Gasteiger partial charge is 0.236 e. The Kier molecular flexibility index (Phi) is 4.09. The molecule has 1 aromatic carbocycles. The number of fused-ring (bicyclic) bond motifs is 5. The zero-order chi connectivity index (χ0) is 21.4. The van der Waals surface area contributed by atoms with Crippen LogP contribution < -0.4 is 4.90 Å². The lowest BCUT2D eigenvalue weighted by Gasteiger charge is -2.39. The lowest BCUT2D eigenvalue weighted by Crippen LogP contribution is -2.52. The second-order valence-electron chi connectivity index (χ2n) is 9.29. The minimum absolute atomic E-state index is 0.0813. The number of imide groups is 1. The van der Waals surface area contributed by atoms with Crippen molar-refractivity contribution < 1.29 is 14.4 Å². The van der Waals surface area contributed by atoms with E-state index in [1.165, 1.54) is 16.2 Å². The summed E-state index contributed by atoms with van der Waals surface area (Å²) in [5.41, 5.74) is 2.43. The van der Waals surface area contributed by atoms with E-state index in [4.69, 9.17) is 0 Å². The fourth-order valence-electron chi connectivity index (χ4n) is 5.32.